The number of fused-ring (bicyclic) bond motifs is 4. The number of piperidine rings is 3. The maximum Gasteiger partial charge on any atom is 0.412 e. The van der Waals surface area contributed by atoms with Crippen molar-refractivity contribution in [1.29, 1.82) is 0 Å². The van der Waals surface area contributed by atoms with Gasteiger partial charge in [-0.2, -0.15) is 0 Å². The first-order valence-electron chi connectivity index (χ1n) is 13.3. The van der Waals surface area contributed by atoms with Crippen molar-refractivity contribution in [3.8, 4) is 5.75 Å². The third kappa shape index (κ3) is 6.04. The summed E-state index contributed by atoms with van der Waals surface area (Å²) in [7, 11) is 0.487. The summed E-state index contributed by atoms with van der Waals surface area (Å²) in [6, 6.07) is 10.4. The van der Waals surface area contributed by atoms with E-state index in [0.717, 1.165) is 29.7 Å². The number of hydrogen-bond acceptors (Lipinski definition) is 7. The number of rotatable bonds is 9. The normalized spacial score (nSPS) is 26.5. The van der Waals surface area contributed by atoms with Crippen LogP contribution in [-0.4, -0.2) is 65.2 Å². The molecular weight excluding hydrogens is 571 g/mol. The minimum Gasteiger partial charge on any atom is -0.497 e. The molecule has 4 aliphatic rings. The Balaban J connectivity index is 1.52. The van der Waals surface area contributed by atoms with Crippen LogP contribution in [0.15, 0.2) is 55.1 Å². The van der Waals surface area contributed by atoms with Crippen molar-refractivity contribution < 1.29 is 18.5 Å². The van der Waals surface area contributed by atoms with Crippen LogP contribution in [0.25, 0.3) is 5.57 Å². The molecule has 3 saturated heterocycles. The molecule has 0 radical (unpaired) electrons. The number of hydrogen-bond donors (Lipinski definition) is 3. The van der Waals surface area contributed by atoms with E-state index in [2.05, 4.69) is 28.2 Å². The number of ether oxygens (including phenoxy) is 2. The fourth-order valence-electron chi connectivity index (χ4n) is 6.15. The molecule has 4 N–H and O–H groups in total. The van der Waals surface area contributed by atoms with Gasteiger partial charge in [0.05, 0.1) is 18.5 Å². The van der Waals surface area contributed by atoms with Crippen LogP contribution >= 0.6 is 23.2 Å². The van der Waals surface area contributed by atoms with Gasteiger partial charge in [0.1, 0.15) is 11.9 Å². The molecule has 11 heteroatoms. The van der Waals surface area contributed by atoms with E-state index in [1.165, 1.54) is 0 Å². The van der Waals surface area contributed by atoms with Gasteiger partial charge in [-0.3, -0.25) is 14.4 Å². The number of carbonyl (C=O) groups excluding carboxylic acids is 1. The Morgan fingerprint density at radius 1 is 1.27 bits per heavy atom. The summed E-state index contributed by atoms with van der Waals surface area (Å²) in [6.07, 6.45) is 4.34. The van der Waals surface area contributed by atoms with E-state index >= 15 is 0 Å². The zero-order valence-electron chi connectivity index (χ0n) is 22.3. The number of carbonyl (C=O) groups is 1. The Hall–Kier alpha value is -2.56. The minimum absolute atomic E-state index is 0.170. The largest absolute Gasteiger partial charge is 0.497 e. The second-order valence-electron chi connectivity index (χ2n) is 10.3. The van der Waals surface area contributed by atoms with Crippen LogP contribution < -0.4 is 21.1 Å². The van der Waals surface area contributed by atoms with E-state index in [4.69, 9.17) is 38.4 Å². The van der Waals surface area contributed by atoms with Gasteiger partial charge < -0.3 is 20.5 Å². The Morgan fingerprint density at radius 2 is 2.05 bits per heavy atom. The molecule has 4 heterocycles. The maximum absolute atomic E-state index is 13.4. The molecular formula is C29H34Cl2N4O4S. The highest BCUT2D eigenvalue weighted by atomic mass is 35.5. The van der Waals surface area contributed by atoms with Crippen LogP contribution in [0.1, 0.15) is 18.4 Å². The predicted octanol–water partition coefficient (Wildman–Crippen LogP) is 5.36. The van der Waals surface area contributed by atoms with Crippen molar-refractivity contribution in [2.75, 3.05) is 43.1 Å². The molecule has 214 valence electrons. The average molecular weight is 606 g/mol. The van der Waals surface area contributed by atoms with Gasteiger partial charge in [0.25, 0.3) is 0 Å². The molecule has 7 atom stereocenters. The van der Waals surface area contributed by atoms with Crippen molar-refractivity contribution in [2.45, 2.75) is 30.4 Å². The zero-order chi connectivity index (χ0) is 28.4. The third-order valence-electron chi connectivity index (χ3n) is 7.95. The fourth-order valence-corrected chi connectivity index (χ4v) is 8.19. The lowest BCUT2D eigenvalue weighted by molar-refractivity contribution is -0.0401. The number of methoxy groups -OCH3 is 1. The number of nitrogens with one attached hydrogen (secondary N) is 2. The van der Waals surface area contributed by atoms with Gasteiger partial charge in [0.15, 0.2) is 0 Å². The monoisotopic (exact) mass is 604 g/mol. The van der Waals surface area contributed by atoms with Crippen LogP contribution in [0.4, 0.5) is 16.2 Å². The van der Waals surface area contributed by atoms with Crippen LogP contribution in [0.5, 0.6) is 5.75 Å². The summed E-state index contributed by atoms with van der Waals surface area (Å²) in [4.78, 5) is 15.7. The second kappa shape index (κ2) is 12.5. The van der Waals surface area contributed by atoms with Gasteiger partial charge in [0.2, 0.25) is 0 Å². The van der Waals surface area contributed by atoms with Gasteiger partial charge in [-0.25, -0.2) is 4.79 Å². The molecule has 0 aromatic heterocycles. The van der Waals surface area contributed by atoms with Crippen molar-refractivity contribution >= 4 is 57.0 Å². The van der Waals surface area contributed by atoms with Crippen LogP contribution in [0, 0.1) is 11.8 Å². The quantitative estimate of drug-likeness (QED) is 0.331. The second-order valence-corrected chi connectivity index (χ2v) is 12.9. The van der Waals surface area contributed by atoms with Gasteiger partial charge in [-0.15, -0.1) is 6.58 Å². The summed E-state index contributed by atoms with van der Waals surface area (Å²) in [5.41, 5.74) is 8.93. The molecule has 2 aromatic carbocycles. The Morgan fingerprint density at radius 3 is 2.73 bits per heavy atom. The van der Waals surface area contributed by atoms with Gasteiger partial charge in [-0.1, -0.05) is 35.4 Å². The van der Waals surface area contributed by atoms with Crippen molar-refractivity contribution in [3.63, 3.8) is 0 Å². The highest BCUT2D eigenvalue weighted by Gasteiger charge is 2.50. The van der Waals surface area contributed by atoms with E-state index in [-0.39, 0.29) is 23.3 Å². The molecule has 6 rings (SSSR count). The van der Waals surface area contributed by atoms with Crippen molar-refractivity contribution in [1.82, 2.24) is 4.90 Å². The van der Waals surface area contributed by atoms with E-state index in [9.17, 15) is 9.00 Å². The Labute approximate surface area is 247 Å². The molecule has 3 fully saturated rings. The summed E-state index contributed by atoms with van der Waals surface area (Å²) >= 11 is 12.3. The lowest BCUT2D eigenvalue weighted by Crippen LogP contribution is -2.63. The maximum atomic E-state index is 13.4. The first-order valence-corrected chi connectivity index (χ1v) is 15.5. The molecule has 4 aliphatic heterocycles. The first kappa shape index (κ1) is 29.0. The average Bonchev–Trinajstić information content (AvgIpc) is 2.94. The molecule has 0 saturated carbocycles. The molecule has 2 aromatic rings. The number of benzene rings is 2. The smallest absolute Gasteiger partial charge is 0.412 e. The summed E-state index contributed by atoms with van der Waals surface area (Å²) in [5, 5.41) is 6.81. The van der Waals surface area contributed by atoms with Gasteiger partial charge >= 0.3 is 6.09 Å². The lowest BCUT2D eigenvalue weighted by atomic mass is 9.72. The molecule has 8 nitrogen and oxygen atoms in total. The van der Waals surface area contributed by atoms with Crippen LogP contribution in [0.3, 0.4) is 0 Å². The lowest BCUT2D eigenvalue weighted by Gasteiger charge is -2.55. The van der Waals surface area contributed by atoms with E-state index in [1.807, 2.05) is 24.3 Å². The SMILES string of the molecule is C=C[C@H]1CN2C(S(=O)CCN)CC1C[C@H]2[C@H](OC(=O)Nc1cc(Cl)cc(Cl)c1)C1=CCNc2ccc(OC)cc21. The predicted molar refractivity (Wildman–Crippen MR) is 163 cm³/mol. The van der Waals surface area contributed by atoms with E-state index in [0.29, 0.717) is 46.9 Å². The summed E-state index contributed by atoms with van der Waals surface area (Å²) in [6.45, 7) is 5.68. The Kier molecular flexibility index (Phi) is 9.07. The van der Waals surface area contributed by atoms with Gasteiger partial charge in [0, 0.05) is 68.7 Å². The molecule has 4 unspecified atom stereocenters. The van der Waals surface area contributed by atoms with Crippen molar-refractivity contribution in [2.24, 2.45) is 17.6 Å². The standard InChI is InChI=1S/C29H34Cl2N4O4S/c1-3-17-16-35-26(10-18(17)11-27(35)40(37)9-7-32)28(39-29(36)34-21-13-19(30)12-20(31)14-21)23-6-8-33-25-5-4-22(38-2)15-24(23)25/h3-6,12-15,17-18,26-28,33H,1,7-11,16,32H2,2H3,(H,34,36)/t17-,18?,26-,27?,28+,40?/m0/s1. The van der Waals surface area contributed by atoms with Crippen LogP contribution in [0.2, 0.25) is 10.0 Å². The highest BCUT2D eigenvalue weighted by molar-refractivity contribution is 7.85. The summed E-state index contributed by atoms with van der Waals surface area (Å²) < 4.78 is 25.1. The zero-order valence-corrected chi connectivity index (χ0v) is 24.6. The van der Waals surface area contributed by atoms with E-state index < -0.39 is 23.0 Å². The minimum atomic E-state index is -1.14. The molecule has 1 amide bonds. The number of anilines is 2. The number of nitrogens with two attached hydrogens (primary N) is 1. The number of nitrogens with zero attached hydrogens (tertiary/aromatic N) is 1. The summed E-state index contributed by atoms with van der Waals surface area (Å²) in [5.74, 6) is 1.67. The third-order valence-corrected chi connectivity index (χ3v) is 10.1. The van der Waals surface area contributed by atoms with Gasteiger partial charge in [-0.05, 0) is 61.1 Å². The number of amides is 1. The van der Waals surface area contributed by atoms with E-state index in [1.54, 1.807) is 25.3 Å². The molecule has 2 bridgehead atoms. The van der Waals surface area contributed by atoms with Crippen LogP contribution in [-0.2, 0) is 15.5 Å². The molecule has 0 aliphatic carbocycles. The highest BCUT2D eigenvalue weighted by Crippen LogP contribution is 2.46. The molecule has 40 heavy (non-hydrogen) atoms. The van der Waals surface area contributed by atoms with Crippen molar-refractivity contribution in [3.05, 3.63) is 70.7 Å². The Bertz CT molecular complexity index is 1320. The fraction of sp³-hybridized carbons (Fsp3) is 0.414. The molecule has 0 spiro atoms. The number of halogens is 2. The first-order chi connectivity index (χ1) is 19.3. The topological polar surface area (TPSA) is 106 Å².